The maximum Gasteiger partial charge on any atom is 0.0926 e. The summed E-state index contributed by atoms with van der Waals surface area (Å²) in [6.45, 7) is 6.81. The topological polar surface area (TPSA) is 45.2 Å². The first-order valence-electron chi connectivity index (χ1n) is 5.53. The van der Waals surface area contributed by atoms with Crippen LogP contribution in [-0.2, 0) is 6.42 Å². The number of aryl methyl sites for hydroxylation is 1. The van der Waals surface area contributed by atoms with Gasteiger partial charge in [0.2, 0.25) is 0 Å². The van der Waals surface area contributed by atoms with E-state index in [-0.39, 0.29) is 12.1 Å². The van der Waals surface area contributed by atoms with E-state index in [9.17, 15) is 5.11 Å². The number of hydrogen-bond acceptors (Lipinski definition) is 4. The van der Waals surface area contributed by atoms with E-state index < -0.39 is 0 Å². The van der Waals surface area contributed by atoms with E-state index in [0.717, 1.165) is 18.5 Å². The molecule has 0 saturated heterocycles. The second kappa shape index (κ2) is 6.20. The van der Waals surface area contributed by atoms with Crippen molar-refractivity contribution in [3.8, 4) is 0 Å². The van der Waals surface area contributed by atoms with Gasteiger partial charge in [0.25, 0.3) is 0 Å². The molecule has 0 aliphatic rings. The summed E-state index contributed by atoms with van der Waals surface area (Å²) in [5.74, 6) is 0. The Kier molecular flexibility index (Phi) is 5.22. The predicted molar refractivity (Wildman–Crippen MR) is 64.2 cm³/mol. The highest BCUT2D eigenvalue weighted by atomic mass is 32.1. The Balaban J connectivity index is 2.42. The van der Waals surface area contributed by atoms with Crippen LogP contribution in [0, 0.1) is 0 Å². The van der Waals surface area contributed by atoms with Crippen LogP contribution in [0.25, 0.3) is 0 Å². The van der Waals surface area contributed by atoms with E-state index in [1.54, 1.807) is 11.3 Å². The average molecular weight is 228 g/mol. The van der Waals surface area contributed by atoms with Crippen LogP contribution >= 0.6 is 11.3 Å². The van der Waals surface area contributed by atoms with E-state index in [0.29, 0.717) is 6.54 Å². The number of aliphatic hydroxyl groups is 1. The van der Waals surface area contributed by atoms with Crippen LogP contribution in [0.2, 0.25) is 0 Å². The van der Waals surface area contributed by atoms with Gasteiger partial charge in [-0.2, -0.15) is 0 Å². The minimum absolute atomic E-state index is 0.225. The SMILES string of the molecule is CCc1nc(C(C)NC[C@H](O)CC)cs1. The van der Waals surface area contributed by atoms with E-state index in [2.05, 4.69) is 29.5 Å². The van der Waals surface area contributed by atoms with Gasteiger partial charge in [0.1, 0.15) is 0 Å². The second-order valence-corrected chi connectivity index (χ2v) is 4.65. The maximum absolute atomic E-state index is 9.42. The molecule has 1 heterocycles. The lowest BCUT2D eigenvalue weighted by Gasteiger charge is -2.14. The molecule has 86 valence electrons. The first-order chi connectivity index (χ1) is 7.17. The number of nitrogens with zero attached hydrogens (tertiary/aromatic N) is 1. The summed E-state index contributed by atoms with van der Waals surface area (Å²) in [5, 5.41) is 16.0. The van der Waals surface area contributed by atoms with Gasteiger partial charge in [-0.05, 0) is 19.8 Å². The molecule has 1 rings (SSSR count). The van der Waals surface area contributed by atoms with Gasteiger partial charge in [0, 0.05) is 18.0 Å². The van der Waals surface area contributed by atoms with Crippen LogP contribution in [0.1, 0.15) is 43.9 Å². The average Bonchev–Trinajstić information content (AvgIpc) is 2.73. The zero-order valence-electron chi connectivity index (χ0n) is 9.66. The van der Waals surface area contributed by atoms with E-state index >= 15 is 0 Å². The molecule has 0 amide bonds. The molecule has 0 spiro atoms. The molecule has 2 N–H and O–H groups in total. The van der Waals surface area contributed by atoms with E-state index in [1.165, 1.54) is 5.01 Å². The molecule has 0 aliphatic carbocycles. The Morgan fingerprint density at radius 3 is 2.80 bits per heavy atom. The molecule has 1 aromatic rings. The maximum atomic E-state index is 9.42. The van der Waals surface area contributed by atoms with Gasteiger partial charge in [-0.25, -0.2) is 4.98 Å². The molecule has 1 unspecified atom stereocenters. The Hall–Kier alpha value is -0.450. The molecule has 15 heavy (non-hydrogen) atoms. The summed E-state index contributed by atoms with van der Waals surface area (Å²) in [4.78, 5) is 4.51. The van der Waals surface area contributed by atoms with Crippen molar-refractivity contribution in [1.29, 1.82) is 0 Å². The van der Waals surface area contributed by atoms with Gasteiger partial charge in [-0.3, -0.25) is 0 Å². The summed E-state index contributed by atoms with van der Waals surface area (Å²) in [6, 6.07) is 0.225. The van der Waals surface area contributed by atoms with Crippen LogP contribution < -0.4 is 5.32 Å². The standard InChI is InChI=1S/C11H20N2OS/c1-4-9(14)6-12-8(3)10-7-15-11(5-2)13-10/h7-9,12,14H,4-6H2,1-3H3/t8?,9-/m1/s1. The Labute approximate surface area is 95.6 Å². The van der Waals surface area contributed by atoms with Crippen molar-refractivity contribution < 1.29 is 5.11 Å². The van der Waals surface area contributed by atoms with Gasteiger partial charge < -0.3 is 10.4 Å². The van der Waals surface area contributed by atoms with Gasteiger partial charge in [0.05, 0.1) is 16.8 Å². The lowest BCUT2D eigenvalue weighted by Crippen LogP contribution is -2.28. The molecule has 0 fully saturated rings. The Morgan fingerprint density at radius 2 is 2.27 bits per heavy atom. The number of nitrogens with one attached hydrogen (secondary N) is 1. The van der Waals surface area contributed by atoms with Gasteiger partial charge in [0.15, 0.2) is 0 Å². The minimum Gasteiger partial charge on any atom is -0.392 e. The highest BCUT2D eigenvalue weighted by Crippen LogP contribution is 2.16. The highest BCUT2D eigenvalue weighted by Gasteiger charge is 2.10. The number of rotatable bonds is 6. The third kappa shape index (κ3) is 3.89. The summed E-state index contributed by atoms with van der Waals surface area (Å²) in [5.41, 5.74) is 1.08. The summed E-state index contributed by atoms with van der Waals surface area (Å²) in [7, 11) is 0. The highest BCUT2D eigenvalue weighted by molar-refractivity contribution is 7.09. The van der Waals surface area contributed by atoms with Crippen LogP contribution in [0.4, 0.5) is 0 Å². The van der Waals surface area contributed by atoms with E-state index in [4.69, 9.17) is 0 Å². The summed E-state index contributed by atoms with van der Waals surface area (Å²) >= 11 is 1.70. The number of aromatic nitrogens is 1. The fraction of sp³-hybridized carbons (Fsp3) is 0.727. The third-order valence-electron chi connectivity index (χ3n) is 2.45. The molecule has 1 aromatic heterocycles. The smallest absolute Gasteiger partial charge is 0.0926 e. The number of hydrogen-bond donors (Lipinski definition) is 2. The number of thiazole rings is 1. The quantitative estimate of drug-likeness (QED) is 0.784. The molecule has 2 atom stereocenters. The Morgan fingerprint density at radius 1 is 1.53 bits per heavy atom. The predicted octanol–water partition coefficient (Wildman–Crippen LogP) is 2.13. The fourth-order valence-corrected chi connectivity index (χ4v) is 2.09. The van der Waals surface area contributed by atoms with Crippen molar-refractivity contribution in [2.45, 2.75) is 45.8 Å². The molecule has 0 bridgehead atoms. The number of aliphatic hydroxyl groups excluding tert-OH is 1. The molecule has 3 nitrogen and oxygen atoms in total. The zero-order chi connectivity index (χ0) is 11.3. The molecule has 4 heteroatoms. The lowest BCUT2D eigenvalue weighted by molar-refractivity contribution is 0.163. The van der Waals surface area contributed by atoms with Crippen molar-refractivity contribution >= 4 is 11.3 Å². The summed E-state index contributed by atoms with van der Waals surface area (Å²) in [6.07, 6.45) is 1.53. The van der Waals surface area contributed by atoms with Crippen molar-refractivity contribution in [2.75, 3.05) is 6.54 Å². The Bertz CT molecular complexity index is 288. The van der Waals surface area contributed by atoms with E-state index in [1.807, 2.05) is 6.92 Å². The van der Waals surface area contributed by atoms with Crippen molar-refractivity contribution in [3.05, 3.63) is 16.1 Å². The molecular weight excluding hydrogens is 208 g/mol. The van der Waals surface area contributed by atoms with Gasteiger partial charge >= 0.3 is 0 Å². The first kappa shape index (κ1) is 12.6. The van der Waals surface area contributed by atoms with Gasteiger partial charge in [-0.15, -0.1) is 11.3 Å². The monoisotopic (exact) mass is 228 g/mol. The molecule has 0 aromatic carbocycles. The van der Waals surface area contributed by atoms with Crippen molar-refractivity contribution in [2.24, 2.45) is 0 Å². The lowest BCUT2D eigenvalue weighted by atomic mass is 10.2. The largest absolute Gasteiger partial charge is 0.392 e. The van der Waals surface area contributed by atoms with Crippen LogP contribution in [0.15, 0.2) is 5.38 Å². The molecule has 0 aliphatic heterocycles. The minimum atomic E-state index is -0.253. The zero-order valence-corrected chi connectivity index (χ0v) is 10.5. The van der Waals surface area contributed by atoms with Crippen molar-refractivity contribution in [1.82, 2.24) is 10.3 Å². The molecular formula is C11H20N2OS. The van der Waals surface area contributed by atoms with Crippen LogP contribution in [0.5, 0.6) is 0 Å². The third-order valence-corrected chi connectivity index (χ3v) is 3.46. The normalized spacial score (nSPS) is 15.2. The van der Waals surface area contributed by atoms with Crippen LogP contribution in [0.3, 0.4) is 0 Å². The molecule has 0 saturated carbocycles. The second-order valence-electron chi connectivity index (χ2n) is 3.71. The fourth-order valence-electron chi connectivity index (χ4n) is 1.25. The van der Waals surface area contributed by atoms with Crippen LogP contribution in [-0.4, -0.2) is 22.7 Å². The molecule has 0 radical (unpaired) electrons. The first-order valence-corrected chi connectivity index (χ1v) is 6.41. The summed E-state index contributed by atoms with van der Waals surface area (Å²) < 4.78 is 0. The van der Waals surface area contributed by atoms with Crippen molar-refractivity contribution in [3.63, 3.8) is 0 Å². The van der Waals surface area contributed by atoms with Gasteiger partial charge in [-0.1, -0.05) is 13.8 Å².